The minimum Gasteiger partial charge on any atom is -0.390 e. The van der Waals surface area contributed by atoms with Crippen molar-refractivity contribution in [2.75, 3.05) is 5.73 Å². The van der Waals surface area contributed by atoms with E-state index in [9.17, 15) is 0 Å². The molecule has 0 amide bonds. The van der Waals surface area contributed by atoms with Gasteiger partial charge in [-0.2, -0.15) is 0 Å². The van der Waals surface area contributed by atoms with E-state index in [4.69, 9.17) is 10.7 Å². The predicted octanol–water partition coefficient (Wildman–Crippen LogP) is 4.51. The maximum atomic E-state index is 6.25. The van der Waals surface area contributed by atoms with Crippen molar-refractivity contribution < 1.29 is 0 Å². The summed E-state index contributed by atoms with van der Waals surface area (Å²) in [6.45, 7) is 0. The topological polar surface area (TPSA) is 54.7 Å². The number of imidazole rings is 1. The predicted molar refractivity (Wildman–Crippen MR) is 88.2 cm³/mol. The fourth-order valence-corrected chi connectivity index (χ4v) is 4.47. The molecule has 0 fully saturated rings. The van der Waals surface area contributed by atoms with Gasteiger partial charge >= 0.3 is 0 Å². The van der Waals surface area contributed by atoms with Crippen LogP contribution in [-0.2, 0) is 12.8 Å². The number of rotatable bonds is 1. The molecule has 3 nitrogen and oxygen atoms in total. The minimum absolute atomic E-state index is 0.898. The maximum absolute atomic E-state index is 6.25. The van der Waals surface area contributed by atoms with Crippen molar-refractivity contribution in [1.82, 2.24) is 9.97 Å². The number of nitrogen functional groups attached to an aromatic ring is 1. The van der Waals surface area contributed by atoms with Gasteiger partial charge in [-0.25, -0.2) is 4.98 Å². The summed E-state index contributed by atoms with van der Waals surface area (Å²) in [6, 6.07) is 6.09. The molecule has 2 heterocycles. The highest BCUT2D eigenvalue weighted by atomic mass is 79.9. The first-order chi connectivity index (χ1) is 9.72. The molecule has 0 atom stereocenters. The van der Waals surface area contributed by atoms with Gasteiger partial charge in [-0.1, -0.05) is 15.9 Å². The van der Waals surface area contributed by atoms with Crippen LogP contribution in [0.3, 0.4) is 0 Å². The number of fused-ring (bicyclic) bond motifs is 2. The van der Waals surface area contributed by atoms with Gasteiger partial charge in [0.15, 0.2) is 0 Å². The molecule has 1 aliphatic rings. The lowest BCUT2D eigenvalue weighted by Crippen LogP contribution is -2.00. The number of nitrogens with one attached hydrogen (secondary N) is 1. The van der Waals surface area contributed by atoms with Crippen LogP contribution in [0, 0.1) is 0 Å². The zero-order valence-electron chi connectivity index (χ0n) is 10.9. The van der Waals surface area contributed by atoms with Gasteiger partial charge in [0.2, 0.25) is 0 Å². The average Bonchev–Trinajstić information content (AvgIpc) is 2.97. The highest BCUT2D eigenvalue weighted by molar-refractivity contribution is 9.10. The molecule has 0 radical (unpaired) electrons. The molecule has 2 aromatic heterocycles. The number of anilines is 1. The molecule has 3 aromatic rings. The van der Waals surface area contributed by atoms with Crippen LogP contribution in [0.5, 0.6) is 0 Å². The molecule has 102 valence electrons. The van der Waals surface area contributed by atoms with E-state index in [-0.39, 0.29) is 0 Å². The molecule has 4 rings (SSSR count). The Morgan fingerprint density at radius 3 is 3.00 bits per heavy atom. The standard InChI is InChI=1S/C15H14BrN3S/c16-8-5-6-10-11(7-8)19-15(18-10)13-9-3-1-2-4-12(9)20-14(13)17/h5-7H,1-4,17H2,(H,18,19). The van der Waals surface area contributed by atoms with Gasteiger partial charge < -0.3 is 10.7 Å². The third-order valence-corrected chi connectivity index (χ3v) is 5.49. The van der Waals surface area contributed by atoms with Gasteiger partial charge in [0.1, 0.15) is 5.82 Å². The molecule has 0 unspecified atom stereocenters. The molecule has 0 spiro atoms. The van der Waals surface area contributed by atoms with Gasteiger partial charge in [-0.3, -0.25) is 0 Å². The smallest absolute Gasteiger partial charge is 0.141 e. The van der Waals surface area contributed by atoms with Crippen molar-refractivity contribution in [3.8, 4) is 11.4 Å². The fourth-order valence-electron chi connectivity index (χ4n) is 2.95. The molecule has 0 saturated carbocycles. The summed E-state index contributed by atoms with van der Waals surface area (Å²) in [6.07, 6.45) is 4.82. The first-order valence-corrected chi connectivity index (χ1v) is 8.39. The van der Waals surface area contributed by atoms with Crippen LogP contribution in [-0.4, -0.2) is 9.97 Å². The second kappa shape index (κ2) is 4.60. The number of halogens is 1. The van der Waals surface area contributed by atoms with E-state index in [0.29, 0.717) is 0 Å². The largest absolute Gasteiger partial charge is 0.390 e. The molecule has 3 N–H and O–H groups in total. The summed E-state index contributed by atoms with van der Waals surface area (Å²) in [5, 5.41) is 0.898. The van der Waals surface area contributed by atoms with Crippen molar-refractivity contribution in [2.24, 2.45) is 0 Å². The van der Waals surface area contributed by atoms with Crippen LogP contribution in [0.1, 0.15) is 23.3 Å². The second-order valence-corrected chi connectivity index (χ2v) is 7.25. The van der Waals surface area contributed by atoms with Crippen molar-refractivity contribution in [3.05, 3.63) is 33.1 Å². The van der Waals surface area contributed by atoms with Crippen LogP contribution in [0.2, 0.25) is 0 Å². The lowest BCUT2D eigenvalue weighted by Gasteiger charge is -2.11. The molecule has 0 aliphatic heterocycles. The van der Waals surface area contributed by atoms with Crippen LogP contribution >= 0.6 is 27.3 Å². The first-order valence-electron chi connectivity index (χ1n) is 6.78. The zero-order valence-corrected chi connectivity index (χ0v) is 13.3. The summed E-state index contributed by atoms with van der Waals surface area (Å²) in [7, 11) is 0. The van der Waals surface area contributed by atoms with E-state index in [1.165, 1.54) is 23.3 Å². The number of aromatic amines is 1. The van der Waals surface area contributed by atoms with Gasteiger partial charge in [0.25, 0.3) is 0 Å². The van der Waals surface area contributed by atoms with Gasteiger partial charge in [0.05, 0.1) is 21.6 Å². The van der Waals surface area contributed by atoms with Crippen LogP contribution < -0.4 is 5.73 Å². The highest BCUT2D eigenvalue weighted by Gasteiger charge is 2.22. The Morgan fingerprint density at radius 2 is 2.10 bits per heavy atom. The van der Waals surface area contributed by atoms with Crippen LogP contribution in [0.25, 0.3) is 22.4 Å². The number of hydrogen-bond donors (Lipinski definition) is 2. The molecular weight excluding hydrogens is 334 g/mol. The van der Waals surface area contributed by atoms with Crippen molar-refractivity contribution in [2.45, 2.75) is 25.7 Å². The Kier molecular flexibility index (Phi) is 2.86. The normalized spacial score (nSPS) is 14.7. The Morgan fingerprint density at radius 1 is 1.25 bits per heavy atom. The zero-order chi connectivity index (χ0) is 13.7. The number of thiophene rings is 1. The summed E-state index contributed by atoms with van der Waals surface area (Å²) < 4.78 is 1.06. The van der Waals surface area contributed by atoms with E-state index < -0.39 is 0 Å². The van der Waals surface area contributed by atoms with E-state index in [0.717, 1.165) is 44.7 Å². The van der Waals surface area contributed by atoms with E-state index in [1.54, 1.807) is 11.3 Å². The van der Waals surface area contributed by atoms with E-state index in [1.807, 2.05) is 12.1 Å². The van der Waals surface area contributed by atoms with Crippen molar-refractivity contribution in [1.29, 1.82) is 0 Å². The Hall–Kier alpha value is -1.33. The van der Waals surface area contributed by atoms with E-state index in [2.05, 4.69) is 27.0 Å². The molecule has 5 heteroatoms. The number of benzene rings is 1. The third-order valence-electron chi connectivity index (χ3n) is 3.88. The number of aromatic nitrogens is 2. The monoisotopic (exact) mass is 347 g/mol. The van der Waals surface area contributed by atoms with Crippen LogP contribution in [0.4, 0.5) is 5.00 Å². The Balaban J connectivity index is 1.92. The van der Waals surface area contributed by atoms with Crippen LogP contribution in [0.15, 0.2) is 22.7 Å². The molecule has 1 aliphatic carbocycles. The minimum atomic E-state index is 0.898. The number of aryl methyl sites for hydroxylation is 1. The summed E-state index contributed by atoms with van der Waals surface area (Å²) in [5.41, 5.74) is 10.8. The molecule has 0 saturated heterocycles. The Labute approximate surface area is 129 Å². The molecular formula is C15H14BrN3S. The average molecular weight is 348 g/mol. The third kappa shape index (κ3) is 1.88. The summed E-state index contributed by atoms with van der Waals surface area (Å²) in [4.78, 5) is 9.58. The maximum Gasteiger partial charge on any atom is 0.141 e. The van der Waals surface area contributed by atoms with Gasteiger partial charge in [0, 0.05) is 9.35 Å². The van der Waals surface area contributed by atoms with Crippen molar-refractivity contribution in [3.63, 3.8) is 0 Å². The molecule has 0 bridgehead atoms. The summed E-state index contributed by atoms with van der Waals surface area (Å²) in [5.74, 6) is 0.912. The number of nitrogens with zero attached hydrogens (tertiary/aromatic N) is 1. The lowest BCUT2D eigenvalue weighted by atomic mass is 9.95. The SMILES string of the molecule is Nc1sc2c(c1-c1nc3ccc(Br)cc3[nH]1)CCCC2. The lowest BCUT2D eigenvalue weighted by molar-refractivity contribution is 0.698. The van der Waals surface area contributed by atoms with Crippen molar-refractivity contribution >= 4 is 43.3 Å². The number of hydrogen-bond acceptors (Lipinski definition) is 3. The highest BCUT2D eigenvalue weighted by Crippen LogP contribution is 2.41. The summed E-state index contributed by atoms with van der Waals surface area (Å²) >= 11 is 5.23. The number of H-pyrrole nitrogens is 1. The van der Waals surface area contributed by atoms with E-state index >= 15 is 0 Å². The molecule has 20 heavy (non-hydrogen) atoms. The van der Waals surface area contributed by atoms with Gasteiger partial charge in [-0.15, -0.1) is 11.3 Å². The molecule has 1 aromatic carbocycles. The fraction of sp³-hybridized carbons (Fsp3) is 0.267. The Bertz CT molecular complexity index is 803. The number of nitrogens with two attached hydrogens (primary N) is 1. The van der Waals surface area contributed by atoms with Gasteiger partial charge in [-0.05, 0) is 49.4 Å². The first kappa shape index (κ1) is 12.4. The second-order valence-electron chi connectivity index (χ2n) is 5.20. The quantitative estimate of drug-likeness (QED) is 0.680.